The zero-order chi connectivity index (χ0) is 21.9. The summed E-state index contributed by atoms with van der Waals surface area (Å²) >= 11 is 0. The lowest BCUT2D eigenvalue weighted by molar-refractivity contribution is -0.124. The van der Waals surface area contributed by atoms with E-state index in [0.29, 0.717) is 29.7 Å². The lowest BCUT2D eigenvalue weighted by Crippen LogP contribution is -2.45. The van der Waals surface area contributed by atoms with Gasteiger partial charge in [0.2, 0.25) is 5.78 Å². The molecule has 2 aliphatic carbocycles. The third-order valence-corrected chi connectivity index (χ3v) is 6.34. The monoisotopic (exact) mass is 409 g/mol. The number of carbonyl (C=O) groups excluding carboxylic acids is 3. The number of carbonyl (C=O) groups is 3. The molecular weight excluding hydrogens is 390 g/mol. The van der Waals surface area contributed by atoms with E-state index < -0.39 is 11.8 Å². The number of hydrogen-bond donors (Lipinski definition) is 0. The van der Waals surface area contributed by atoms with Crippen LogP contribution in [0.3, 0.4) is 0 Å². The fraction of sp³-hybridized carbons (Fsp3) is 0.280. The summed E-state index contributed by atoms with van der Waals surface area (Å²) in [5, 5.41) is 9.16. The van der Waals surface area contributed by atoms with Crippen molar-refractivity contribution >= 4 is 23.1 Å². The number of nitriles is 1. The van der Waals surface area contributed by atoms with E-state index in [1.165, 1.54) is 12.4 Å². The average Bonchev–Trinajstić information content (AvgIpc) is 2.75. The summed E-state index contributed by atoms with van der Waals surface area (Å²) < 4.78 is 0. The van der Waals surface area contributed by atoms with Crippen molar-refractivity contribution in [3.63, 3.8) is 0 Å². The number of benzene rings is 1. The molecule has 3 aliphatic rings. The number of rotatable bonds is 1. The number of hydrogen-bond acceptors (Lipinski definition) is 6. The molecule has 1 fully saturated rings. The maximum atomic E-state index is 13.5. The van der Waals surface area contributed by atoms with E-state index in [2.05, 4.69) is 16.0 Å². The molecule has 2 heterocycles. The SMILES string of the molecule is CC1(C)CC(=O)C2C(=NC3=C(C(=O)c4ccncc4C3=O)C2c2ccc(C#N)cc2)C1. The zero-order valence-corrected chi connectivity index (χ0v) is 17.2. The van der Waals surface area contributed by atoms with Gasteiger partial charge in [-0.05, 0) is 35.6 Å². The summed E-state index contributed by atoms with van der Waals surface area (Å²) in [6.07, 6.45) is 3.85. The van der Waals surface area contributed by atoms with Crippen molar-refractivity contribution in [3.8, 4) is 6.07 Å². The van der Waals surface area contributed by atoms with Crippen LogP contribution in [0.5, 0.6) is 0 Å². The van der Waals surface area contributed by atoms with E-state index in [0.717, 1.165) is 5.56 Å². The first-order valence-electron chi connectivity index (χ1n) is 10.2. The van der Waals surface area contributed by atoms with Crippen molar-refractivity contribution in [1.29, 1.82) is 5.26 Å². The smallest absolute Gasteiger partial charge is 0.214 e. The molecule has 1 aromatic carbocycles. The van der Waals surface area contributed by atoms with Crippen LogP contribution in [0.2, 0.25) is 0 Å². The molecular formula is C25H19N3O3. The van der Waals surface area contributed by atoms with Gasteiger partial charge in [0.05, 0.1) is 23.1 Å². The summed E-state index contributed by atoms with van der Waals surface area (Å²) in [5.41, 5.74) is 2.54. The molecule has 2 unspecified atom stereocenters. The fourth-order valence-corrected chi connectivity index (χ4v) is 5.03. The predicted octanol–water partition coefficient (Wildman–Crippen LogP) is 3.83. The van der Waals surface area contributed by atoms with E-state index in [4.69, 9.17) is 5.26 Å². The van der Waals surface area contributed by atoms with Gasteiger partial charge in [-0.2, -0.15) is 5.26 Å². The molecule has 0 bridgehead atoms. The Kier molecular flexibility index (Phi) is 4.13. The summed E-state index contributed by atoms with van der Waals surface area (Å²) in [6.45, 7) is 4.02. The molecule has 2 aromatic rings. The third-order valence-electron chi connectivity index (χ3n) is 6.34. The van der Waals surface area contributed by atoms with Crippen LogP contribution in [0.25, 0.3) is 0 Å². The van der Waals surface area contributed by atoms with Crippen LogP contribution in [-0.4, -0.2) is 28.0 Å². The first-order valence-corrected chi connectivity index (χ1v) is 10.2. The van der Waals surface area contributed by atoms with Crippen LogP contribution < -0.4 is 0 Å². The van der Waals surface area contributed by atoms with Crippen molar-refractivity contribution in [2.24, 2.45) is 16.3 Å². The molecule has 0 amide bonds. The van der Waals surface area contributed by atoms with Gasteiger partial charge in [-0.15, -0.1) is 0 Å². The molecule has 5 rings (SSSR count). The summed E-state index contributed by atoms with van der Waals surface area (Å²) in [6, 6.07) is 10.5. The largest absolute Gasteiger partial charge is 0.299 e. The Balaban J connectivity index is 1.76. The maximum absolute atomic E-state index is 13.5. The first-order chi connectivity index (χ1) is 14.8. The minimum Gasteiger partial charge on any atom is -0.299 e. The molecule has 0 saturated heterocycles. The molecule has 0 N–H and O–H groups in total. The van der Waals surface area contributed by atoms with E-state index >= 15 is 0 Å². The van der Waals surface area contributed by atoms with Gasteiger partial charge < -0.3 is 0 Å². The molecule has 1 aliphatic heterocycles. The molecule has 2 atom stereocenters. The van der Waals surface area contributed by atoms with E-state index in [1.807, 2.05) is 13.8 Å². The minimum absolute atomic E-state index is 0.0247. The Morgan fingerprint density at radius 3 is 2.42 bits per heavy atom. The Morgan fingerprint density at radius 2 is 1.71 bits per heavy atom. The zero-order valence-electron chi connectivity index (χ0n) is 17.2. The van der Waals surface area contributed by atoms with Crippen LogP contribution in [0.15, 0.2) is 59.0 Å². The van der Waals surface area contributed by atoms with Crippen LogP contribution in [0.1, 0.15) is 64.4 Å². The minimum atomic E-state index is -0.600. The summed E-state index contributed by atoms with van der Waals surface area (Å²) in [5.74, 6) is -1.78. The van der Waals surface area contributed by atoms with Gasteiger partial charge in [0.1, 0.15) is 11.5 Å². The van der Waals surface area contributed by atoms with E-state index in [9.17, 15) is 14.4 Å². The number of ketones is 3. The standard InChI is InChI=1S/C25H19N3O3/c1-25(2)9-17-20(18(29)10-25)19(14-5-3-13(11-26)4-6-14)21-22(28-17)24(31)16-12-27-8-7-15(16)23(21)30/h3-8,12,19-20H,9-10H2,1-2H3. The highest BCUT2D eigenvalue weighted by molar-refractivity contribution is 6.29. The van der Waals surface area contributed by atoms with Gasteiger partial charge in [0, 0.05) is 41.6 Å². The molecule has 0 spiro atoms. The highest BCUT2D eigenvalue weighted by Gasteiger charge is 2.50. The van der Waals surface area contributed by atoms with Crippen LogP contribution in [0, 0.1) is 22.7 Å². The van der Waals surface area contributed by atoms with Crippen molar-refractivity contribution in [2.75, 3.05) is 0 Å². The Bertz CT molecular complexity index is 1280. The number of aromatic nitrogens is 1. The van der Waals surface area contributed by atoms with Gasteiger partial charge in [-0.25, -0.2) is 0 Å². The van der Waals surface area contributed by atoms with Gasteiger partial charge in [-0.3, -0.25) is 24.4 Å². The topological polar surface area (TPSA) is 100 Å². The predicted molar refractivity (Wildman–Crippen MR) is 113 cm³/mol. The molecule has 1 aromatic heterocycles. The molecule has 31 heavy (non-hydrogen) atoms. The fourth-order valence-electron chi connectivity index (χ4n) is 5.03. The number of allylic oxidation sites excluding steroid dienone is 2. The third kappa shape index (κ3) is 2.89. The van der Waals surface area contributed by atoms with Crippen LogP contribution in [0.4, 0.5) is 0 Å². The molecule has 1 saturated carbocycles. The Morgan fingerprint density at radius 1 is 0.968 bits per heavy atom. The van der Waals surface area contributed by atoms with E-state index in [1.54, 1.807) is 30.3 Å². The van der Waals surface area contributed by atoms with Gasteiger partial charge in [-0.1, -0.05) is 26.0 Å². The maximum Gasteiger partial charge on any atom is 0.214 e. The second-order valence-electron chi connectivity index (χ2n) is 9.12. The van der Waals surface area contributed by atoms with E-state index in [-0.39, 0.29) is 39.6 Å². The molecule has 152 valence electrons. The van der Waals surface area contributed by atoms with Gasteiger partial charge in [0.25, 0.3) is 0 Å². The summed E-state index contributed by atoms with van der Waals surface area (Å²) in [7, 11) is 0. The second-order valence-corrected chi connectivity index (χ2v) is 9.12. The lowest BCUT2D eigenvalue weighted by atomic mass is 9.62. The average molecular weight is 409 g/mol. The Labute approximate surface area is 179 Å². The highest BCUT2D eigenvalue weighted by Crippen LogP contribution is 2.49. The molecule has 6 heteroatoms. The normalized spacial score (nSPS) is 24.0. The van der Waals surface area contributed by atoms with Crippen LogP contribution >= 0.6 is 0 Å². The van der Waals surface area contributed by atoms with Crippen LogP contribution in [-0.2, 0) is 4.79 Å². The second kappa shape index (κ2) is 6.64. The summed E-state index contributed by atoms with van der Waals surface area (Å²) in [4.78, 5) is 48.8. The number of fused-ring (bicyclic) bond motifs is 2. The van der Waals surface area contributed by atoms with Crippen molar-refractivity contribution in [3.05, 3.63) is 76.2 Å². The lowest BCUT2D eigenvalue weighted by Gasteiger charge is -2.42. The number of pyridine rings is 1. The van der Waals surface area contributed by atoms with Gasteiger partial charge >= 0.3 is 0 Å². The number of Topliss-reactive ketones (excluding diaryl/α,β-unsaturated/α-hetero) is 3. The molecule has 0 radical (unpaired) electrons. The van der Waals surface area contributed by atoms with Crippen molar-refractivity contribution in [1.82, 2.24) is 4.98 Å². The number of nitrogens with zero attached hydrogens (tertiary/aromatic N) is 3. The molecule has 6 nitrogen and oxygen atoms in total. The van der Waals surface area contributed by atoms with Crippen molar-refractivity contribution in [2.45, 2.75) is 32.6 Å². The van der Waals surface area contributed by atoms with Gasteiger partial charge in [0.15, 0.2) is 5.78 Å². The Hall–Kier alpha value is -3.72. The van der Waals surface area contributed by atoms with Crippen molar-refractivity contribution < 1.29 is 14.4 Å². The quantitative estimate of drug-likeness (QED) is 0.713. The number of aliphatic imine (C=N–C) groups is 1. The first kappa shape index (κ1) is 19.3. The highest BCUT2D eigenvalue weighted by atomic mass is 16.1.